The average molecular weight is 412 g/mol. The molecule has 0 unspecified atom stereocenters. The van der Waals surface area contributed by atoms with Crippen molar-refractivity contribution in [1.29, 1.82) is 0 Å². The zero-order valence-electron chi connectivity index (χ0n) is 15.9. The van der Waals surface area contributed by atoms with Crippen LogP contribution in [-0.2, 0) is 22.6 Å². The van der Waals surface area contributed by atoms with Gasteiger partial charge in [0.15, 0.2) is 0 Å². The van der Waals surface area contributed by atoms with E-state index in [4.69, 9.17) is 11.6 Å². The number of carbonyl (C=O) groups is 3. The SMILES string of the molecule is O=C(Cc1ccccc1Cl)N1CCC2(CC1)NC(=O)N(Cc1ccccc1)C2=O. The van der Waals surface area contributed by atoms with Gasteiger partial charge < -0.3 is 10.2 Å². The second kappa shape index (κ2) is 7.87. The molecule has 4 rings (SSSR count). The number of benzene rings is 2. The van der Waals surface area contributed by atoms with Gasteiger partial charge in [0.25, 0.3) is 5.91 Å². The number of carbonyl (C=O) groups excluding carboxylic acids is 3. The standard InChI is InChI=1S/C22H22ClN3O3/c23-18-9-5-4-8-17(18)14-19(27)25-12-10-22(11-13-25)20(28)26(21(29)24-22)15-16-6-2-1-3-7-16/h1-9H,10-15H2,(H,24,29). The molecule has 0 atom stereocenters. The van der Waals surface area contributed by atoms with Crippen molar-refractivity contribution in [2.45, 2.75) is 31.3 Å². The van der Waals surface area contributed by atoms with Gasteiger partial charge >= 0.3 is 6.03 Å². The lowest BCUT2D eigenvalue weighted by molar-refractivity contribution is -0.138. The summed E-state index contributed by atoms with van der Waals surface area (Å²) in [5.41, 5.74) is 0.784. The van der Waals surface area contributed by atoms with E-state index in [1.54, 1.807) is 11.0 Å². The zero-order valence-corrected chi connectivity index (χ0v) is 16.7. The molecule has 2 aliphatic rings. The number of nitrogens with one attached hydrogen (secondary N) is 1. The lowest BCUT2D eigenvalue weighted by Gasteiger charge is -2.37. The summed E-state index contributed by atoms with van der Waals surface area (Å²) in [6.07, 6.45) is 1.06. The van der Waals surface area contributed by atoms with Crippen LogP contribution in [0.5, 0.6) is 0 Å². The predicted molar refractivity (Wildman–Crippen MR) is 109 cm³/mol. The van der Waals surface area contributed by atoms with Crippen LogP contribution >= 0.6 is 11.6 Å². The van der Waals surface area contributed by atoms with E-state index >= 15 is 0 Å². The van der Waals surface area contributed by atoms with Crippen LogP contribution in [0.2, 0.25) is 5.02 Å². The molecule has 0 aliphatic carbocycles. The third kappa shape index (κ3) is 3.85. The van der Waals surface area contributed by atoms with Crippen molar-refractivity contribution in [3.05, 3.63) is 70.7 Å². The monoisotopic (exact) mass is 411 g/mol. The molecule has 2 aromatic carbocycles. The van der Waals surface area contributed by atoms with Crippen molar-refractivity contribution in [2.24, 2.45) is 0 Å². The minimum absolute atomic E-state index is 0.0223. The molecule has 2 heterocycles. The number of amides is 4. The highest BCUT2D eigenvalue weighted by atomic mass is 35.5. The number of imide groups is 1. The minimum atomic E-state index is -0.910. The van der Waals surface area contributed by atoms with Crippen molar-refractivity contribution in [2.75, 3.05) is 13.1 Å². The van der Waals surface area contributed by atoms with Gasteiger partial charge in [0.1, 0.15) is 5.54 Å². The first-order valence-electron chi connectivity index (χ1n) is 9.68. The third-order valence-corrected chi connectivity index (χ3v) is 6.07. The van der Waals surface area contributed by atoms with Crippen LogP contribution in [0.25, 0.3) is 0 Å². The van der Waals surface area contributed by atoms with Gasteiger partial charge in [-0.2, -0.15) is 0 Å². The predicted octanol–water partition coefficient (Wildman–Crippen LogP) is 3.00. The van der Waals surface area contributed by atoms with Crippen LogP contribution in [0, 0.1) is 0 Å². The number of hydrogen-bond acceptors (Lipinski definition) is 3. The van der Waals surface area contributed by atoms with E-state index in [2.05, 4.69) is 5.32 Å². The quantitative estimate of drug-likeness (QED) is 0.786. The summed E-state index contributed by atoms with van der Waals surface area (Å²) >= 11 is 6.16. The van der Waals surface area contributed by atoms with Crippen molar-refractivity contribution in [3.8, 4) is 0 Å². The maximum absolute atomic E-state index is 13.0. The fourth-order valence-electron chi connectivity index (χ4n) is 3.98. The van der Waals surface area contributed by atoms with Crippen LogP contribution in [0.1, 0.15) is 24.0 Å². The second-order valence-corrected chi connectivity index (χ2v) is 7.95. The van der Waals surface area contributed by atoms with E-state index < -0.39 is 5.54 Å². The molecule has 7 heteroatoms. The van der Waals surface area contributed by atoms with Crippen molar-refractivity contribution in [3.63, 3.8) is 0 Å². The highest BCUT2D eigenvalue weighted by Crippen LogP contribution is 2.31. The van der Waals surface area contributed by atoms with Crippen molar-refractivity contribution in [1.82, 2.24) is 15.1 Å². The molecule has 0 saturated carbocycles. The average Bonchev–Trinajstić information content (AvgIpc) is 2.95. The van der Waals surface area contributed by atoms with Crippen molar-refractivity contribution < 1.29 is 14.4 Å². The van der Waals surface area contributed by atoms with Crippen LogP contribution in [-0.4, -0.2) is 46.3 Å². The molecular formula is C22H22ClN3O3. The van der Waals surface area contributed by atoms with Gasteiger partial charge in [-0.25, -0.2) is 4.79 Å². The van der Waals surface area contributed by atoms with Crippen LogP contribution < -0.4 is 5.32 Å². The molecule has 1 spiro atoms. The molecule has 1 N–H and O–H groups in total. The number of hydrogen-bond donors (Lipinski definition) is 1. The first kappa shape index (κ1) is 19.5. The number of piperidine rings is 1. The van der Waals surface area contributed by atoms with E-state index in [1.165, 1.54) is 4.90 Å². The Morgan fingerprint density at radius 2 is 1.66 bits per heavy atom. The Bertz CT molecular complexity index is 939. The third-order valence-electron chi connectivity index (χ3n) is 5.70. The Kier molecular flexibility index (Phi) is 5.28. The van der Waals surface area contributed by atoms with E-state index in [0.29, 0.717) is 31.0 Å². The summed E-state index contributed by atoms with van der Waals surface area (Å²) in [5.74, 6) is -0.226. The number of urea groups is 1. The number of likely N-dealkylation sites (tertiary alicyclic amines) is 1. The normalized spacial score (nSPS) is 18.2. The molecule has 2 aliphatic heterocycles. The van der Waals surface area contributed by atoms with Gasteiger partial charge in [0, 0.05) is 18.1 Å². The molecule has 6 nitrogen and oxygen atoms in total. The van der Waals surface area contributed by atoms with Gasteiger partial charge in [-0.1, -0.05) is 60.1 Å². The van der Waals surface area contributed by atoms with Crippen LogP contribution in [0.4, 0.5) is 4.79 Å². The molecule has 150 valence electrons. The maximum Gasteiger partial charge on any atom is 0.325 e. The molecule has 4 amide bonds. The zero-order chi connectivity index (χ0) is 20.4. The molecule has 0 aromatic heterocycles. The van der Waals surface area contributed by atoms with E-state index in [0.717, 1.165) is 11.1 Å². The fraction of sp³-hybridized carbons (Fsp3) is 0.318. The fourth-order valence-corrected chi connectivity index (χ4v) is 4.18. The summed E-state index contributed by atoms with van der Waals surface area (Å²) in [7, 11) is 0. The molecule has 2 fully saturated rings. The van der Waals surface area contributed by atoms with E-state index in [1.807, 2.05) is 48.5 Å². The number of rotatable bonds is 4. The summed E-state index contributed by atoms with van der Waals surface area (Å²) in [5, 5.41) is 3.46. The summed E-state index contributed by atoms with van der Waals surface area (Å²) in [4.78, 5) is 41.2. The smallest absolute Gasteiger partial charge is 0.325 e. The first-order valence-corrected chi connectivity index (χ1v) is 10.1. The first-order chi connectivity index (χ1) is 14.0. The van der Waals surface area contributed by atoms with Gasteiger partial charge in [0.2, 0.25) is 5.91 Å². The topological polar surface area (TPSA) is 69.7 Å². The summed E-state index contributed by atoms with van der Waals surface area (Å²) in [6.45, 7) is 1.10. The second-order valence-electron chi connectivity index (χ2n) is 7.54. The molecule has 29 heavy (non-hydrogen) atoms. The van der Waals surface area contributed by atoms with Crippen LogP contribution in [0.3, 0.4) is 0 Å². The van der Waals surface area contributed by atoms with Crippen LogP contribution in [0.15, 0.2) is 54.6 Å². The van der Waals surface area contributed by atoms with Gasteiger partial charge in [0.05, 0.1) is 13.0 Å². The maximum atomic E-state index is 13.0. The van der Waals surface area contributed by atoms with Gasteiger partial charge in [-0.15, -0.1) is 0 Å². The molecule has 0 bridgehead atoms. The lowest BCUT2D eigenvalue weighted by atomic mass is 9.87. The highest BCUT2D eigenvalue weighted by molar-refractivity contribution is 6.31. The Labute approximate surface area is 174 Å². The minimum Gasteiger partial charge on any atom is -0.342 e. The largest absolute Gasteiger partial charge is 0.342 e. The van der Waals surface area contributed by atoms with Crippen molar-refractivity contribution >= 4 is 29.4 Å². The lowest BCUT2D eigenvalue weighted by Crippen LogP contribution is -2.56. The molecular weight excluding hydrogens is 390 g/mol. The Morgan fingerprint density at radius 3 is 2.34 bits per heavy atom. The highest BCUT2D eigenvalue weighted by Gasteiger charge is 2.52. The van der Waals surface area contributed by atoms with E-state index in [9.17, 15) is 14.4 Å². The van der Waals surface area contributed by atoms with E-state index in [-0.39, 0.29) is 30.8 Å². The molecule has 0 radical (unpaired) electrons. The Balaban J connectivity index is 1.39. The Morgan fingerprint density at radius 1 is 1.00 bits per heavy atom. The van der Waals surface area contributed by atoms with Gasteiger partial charge in [-0.3, -0.25) is 14.5 Å². The summed E-state index contributed by atoms with van der Waals surface area (Å²) < 4.78 is 0. The number of halogens is 1. The molecule has 2 aromatic rings. The van der Waals surface area contributed by atoms with Gasteiger partial charge in [-0.05, 0) is 30.0 Å². The Hall–Kier alpha value is -2.86. The summed E-state index contributed by atoms with van der Waals surface area (Å²) in [6, 6.07) is 16.4. The number of nitrogens with zero attached hydrogens (tertiary/aromatic N) is 2. The molecule has 2 saturated heterocycles.